The molecule has 0 saturated heterocycles. The summed E-state index contributed by atoms with van der Waals surface area (Å²) in [6.45, 7) is 4.21. The number of carbonyl (C=O) groups is 1. The van der Waals surface area contributed by atoms with Crippen molar-refractivity contribution in [2.24, 2.45) is 0 Å². The van der Waals surface area contributed by atoms with E-state index in [-0.39, 0.29) is 12.0 Å². The highest BCUT2D eigenvalue weighted by molar-refractivity contribution is 9.10. The highest BCUT2D eigenvalue weighted by atomic mass is 79.9. The Kier molecular flexibility index (Phi) is 6.50. The first-order chi connectivity index (χ1) is 8.58. The van der Waals surface area contributed by atoms with E-state index in [1.807, 2.05) is 19.1 Å². The molecule has 0 aliphatic carbocycles. The lowest BCUT2D eigenvalue weighted by molar-refractivity contribution is -0.144. The minimum absolute atomic E-state index is 0.238. The number of hydrogen-bond donors (Lipinski definition) is 1. The molecule has 1 aromatic rings. The van der Waals surface area contributed by atoms with Crippen LogP contribution in [0.25, 0.3) is 0 Å². The molecule has 1 aromatic carbocycles. The Morgan fingerprint density at radius 2 is 2.22 bits per heavy atom. The van der Waals surface area contributed by atoms with Gasteiger partial charge in [0, 0.05) is 4.47 Å². The summed E-state index contributed by atoms with van der Waals surface area (Å²) in [5.74, 6) is -0.238. The fourth-order valence-corrected chi connectivity index (χ4v) is 2.30. The molecule has 1 atom stereocenters. The summed E-state index contributed by atoms with van der Waals surface area (Å²) in [6, 6.07) is 5.16. The minimum Gasteiger partial charge on any atom is -0.464 e. The smallest absolute Gasteiger partial charge is 0.328 e. The molecule has 1 unspecified atom stereocenters. The Bertz CT molecular complexity index is 412. The molecule has 0 saturated carbocycles. The van der Waals surface area contributed by atoms with Crippen LogP contribution in [0.2, 0.25) is 5.02 Å². The third-order valence-electron chi connectivity index (χ3n) is 2.41. The Labute approximate surface area is 121 Å². The number of esters is 1. The standard InChI is InChI=1S/C13H17BrClNO2/c1-3-5-12(13(17)18-4-2)16-11-7-6-9(14)8-10(11)15/h6-8,12,16H,3-5H2,1-2H3. The third kappa shape index (κ3) is 4.50. The molecule has 18 heavy (non-hydrogen) atoms. The third-order valence-corrected chi connectivity index (χ3v) is 3.22. The van der Waals surface area contributed by atoms with Gasteiger partial charge in [-0.1, -0.05) is 40.9 Å². The minimum atomic E-state index is -0.353. The molecule has 5 heteroatoms. The Morgan fingerprint density at radius 3 is 2.78 bits per heavy atom. The lowest BCUT2D eigenvalue weighted by Crippen LogP contribution is -2.31. The van der Waals surface area contributed by atoms with E-state index in [9.17, 15) is 4.79 Å². The maximum absolute atomic E-state index is 11.8. The van der Waals surface area contributed by atoms with E-state index >= 15 is 0 Å². The van der Waals surface area contributed by atoms with Gasteiger partial charge in [-0.25, -0.2) is 4.79 Å². The zero-order valence-electron chi connectivity index (χ0n) is 10.5. The first kappa shape index (κ1) is 15.3. The zero-order chi connectivity index (χ0) is 13.5. The summed E-state index contributed by atoms with van der Waals surface area (Å²) in [7, 11) is 0. The van der Waals surface area contributed by atoms with Crippen molar-refractivity contribution in [1.29, 1.82) is 0 Å². The molecule has 0 amide bonds. The average molecular weight is 335 g/mol. The highest BCUT2D eigenvalue weighted by Crippen LogP contribution is 2.26. The lowest BCUT2D eigenvalue weighted by atomic mass is 10.1. The van der Waals surface area contributed by atoms with Crippen LogP contribution in [0.4, 0.5) is 5.69 Å². The van der Waals surface area contributed by atoms with E-state index in [1.54, 1.807) is 13.0 Å². The monoisotopic (exact) mass is 333 g/mol. The van der Waals surface area contributed by atoms with E-state index in [2.05, 4.69) is 21.2 Å². The molecule has 0 radical (unpaired) electrons. The zero-order valence-corrected chi connectivity index (χ0v) is 12.8. The van der Waals surface area contributed by atoms with Crippen LogP contribution in [-0.4, -0.2) is 18.6 Å². The van der Waals surface area contributed by atoms with Gasteiger partial charge in [0.15, 0.2) is 0 Å². The van der Waals surface area contributed by atoms with Gasteiger partial charge in [0.1, 0.15) is 6.04 Å². The second-order valence-electron chi connectivity index (χ2n) is 3.86. The van der Waals surface area contributed by atoms with Crippen LogP contribution in [0, 0.1) is 0 Å². The van der Waals surface area contributed by atoms with E-state index in [0.717, 1.165) is 16.6 Å². The molecule has 1 rings (SSSR count). The van der Waals surface area contributed by atoms with Gasteiger partial charge in [-0.15, -0.1) is 0 Å². The molecule has 0 heterocycles. The molecule has 3 nitrogen and oxygen atoms in total. The molecule has 0 aromatic heterocycles. The summed E-state index contributed by atoms with van der Waals surface area (Å²) in [6.07, 6.45) is 1.61. The number of halogens is 2. The molecule has 100 valence electrons. The van der Waals surface area contributed by atoms with Crippen molar-refractivity contribution in [3.8, 4) is 0 Å². The topological polar surface area (TPSA) is 38.3 Å². The van der Waals surface area contributed by atoms with Gasteiger partial charge in [-0.2, -0.15) is 0 Å². The first-order valence-corrected chi connectivity index (χ1v) is 7.13. The molecular formula is C13H17BrClNO2. The second-order valence-corrected chi connectivity index (χ2v) is 5.18. The van der Waals surface area contributed by atoms with Gasteiger partial charge in [0.05, 0.1) is 17.3 Å². The van der Waals surface area contributed by atoms with E-state index < -0.39 is 0 Å². The fraction of sp³-hybridized carbons (Fsp3) is 0.462. The van der Waals surface area contributed by atoms with Gasteiger partial charge >= 0.3 is 5.97 Å². The van der Waals surface area contributed by atoms with Gasteiger partial charge in [-0.05, 0) is 31.5 Å². The summed E-state index contributed by atoms with van der Waals surface area (Å²) >= 11 is 9.45. The molecule has 1 N–H and O–H groups in total. The van der Waals surface area contributed by atoms with Crippen molar-refractivity contribution in [2.45, 2.75) is 32.7 Å². The van der Waals surface area contributed by atoms with Crippen LogP contribution in [0.15, 0.2) is 22.7 Å². The van der Waals surface area contributed by atoms with Crippen LogP contribution in [-0.2, 0) is 9.53 Å². The molecular weight excluding hydrogens is 318 g/mol. The Balaban J connectivity index is 2.79. The van der Waals surface area contributed by atoms with Crippen molar-refractivity contribution in [2.75, 3.05) is 11.9 Å². The number of anilines is 1. The summed E-state index contributed by atoms with van der Waals surface area (Å²) < 4.78 is 5.94. The van der Waals surface area contributed by atoms with E-state index in [0.29, 0.717) is 18.1 Å². The Morgan fingerprint density at radius 1 is 1.50 bits per heavy atom. The van der Waals surface area contributed by atoms with Gasteiger partial charge in [-0.3, -0.25) is 0 Å². The van der Waals surface area contributed by atoms with Gasteiger partial charge in [0.25, 0.3) is 0 Å². The van der Waals surface area contributed by atoms with Crippen molar-refractivity contribution in [1.82, 2.24) is 0 Å². The SMILES string of the molecule is CCCC(Nc1ccc(Br)cc1Cl)C(=O)OCC. The van der Waals surface area contributed by atoms with Crippen LogP contribution in [0.1, 0.15) is 26.7 Å². The maximum Gasteiger partial charge on any atom is 0.328 e. The number of carbonyl (C=O) groups excluding carboxylic acids is 1. The predicted octanol–water partition coefficient (Wildman–Crippen LogP) is 4.25. The molecule has 0 aliphatic rings. The molecule has 0 fully saturated rings. The highest BCUT2D eigenvalue weighted by Gasteiger charge is 2.19. The van der Waals surface area contributed by atoms with Crippen LogP contribution in [0.3, 0.4) is 0 Å². The summed E-state index contributed by atoms with van der Waals surface area (Å²) in [4.78, 5) is 11.8. The largest absolute Gasteiger partial charge is 0.464 e. The molecule has 0 aliphatic heterocycles. The van der Waals surface area contributed by atoms with Gasteiger partial charge < -0.3 is 10.1 Å². The second kappa shape index (κ2) is 7.64. The Hall–Kier alpha value is -0.740. The van der Waals surface area contributed by atoms with Crippen LogP contribution < -0.4 is 5.32 Å². The van der Waals surface area contributed by atoms with Gasteiger partial charge in [0.2, 0.25) is 0 Å². The first-order valence-electron chi connectivity index (χ1n) is 5.96. The summed E-state index contributed by atoms with van der Waals surface area (Å²) in [5, 5.41) is 3.71. The van der Waals surface area contributed by atoms with Crippen molar-refractivity contribution in [3.05, 3.63) is 27.7 Å². The maximum atomic E-state index is 11.8. The predicted molar refractivity (Wildman–Crippen MR) is 78.1 cm³/mol. The average Bonchev–Trinajstić information content (AvgIpc) is 2.32. The van der Waals surface area contributed by atoms with E-state index in [1.165, 1.54) is 0 Å². The molecule has 0 spiro atoms. The number of nitrogens with one attached hydrogen (secondary N) is 1. The van der Waals surface area contributed by atoms with Crippen molar-refractivity contribution in [3.63, 3.8) is 0 Å². The lowest BCUT2D eigenvalue weighted by Gasteiger charge is -2.18. The fourth-order valence-electron chi connectivity index (χ4n) is 1.57. The number of benzene rings is 1. The van der Waals surface area contributed by atoms with Crippen molar-refractivity contribution < 1.29 is 9.53 Å². The quantitative estimate of drug-likeness (QED) is 0.791. The van der Waals surface area contributed by atoms with Crippen molar-refractivity contribution >= 4 is 39.2 Å². The number of hydrogen-bond acceptors (Lipinski definition) is 3. The molecule has 0 bridgehead atoms. The number of ether oxygens (including phenoxy) is 1. The van der Waals surface area contributed by atoms with E-state index in [4.69, 9.17) is 16.3 Å². The summed E-state index contributed by atoms with van der Waals surface area (Å²) in [5.41, 5.74) is 0.742. The number of rotatable bonds is 6. The van der Waals surface area contributed by atoms with Crippen LogP contribution >= 0.6 is 27.5 Å². The van der Waals surface area contributed by atoms with Crippen LogP contribution in [0.5, 0.6) is 0 Å². The normalized spacial score (nSPS) is 12.0.